The van der Waals surface area contributed by atoms with Gasteiger partial charge in [-0.05, 0) is 85.5 Å². The van der Waals surface area contributed by atoms with E-state index in [1.165, 1.54) is 6.07 Å². The van der Waals surface area contributed by atoms with Crippen LogP contribution in [0.25, 0.3) is 10.9 Å². The smallest absolute Gasteiger partial charge is 0.227 e. The van der Waals surface area contributed by atoms with Gasteiger partial charge in [-0.2, -0.15) is 5.26 Å². The van der Waals surface area contributed by atoms with E-state index in [1.54, 1.807) is 42.6 Å². The molecule has 3 aromatic rings. The number of hydrogen-bond acceptors (Lipinski definition) is 3. The van der Waals surface area contributed by atoms with Gasteiger partial charge in [-0.3, -0.25) is 9.78 Å². The quantitative estimate of drug-likeness (QED) is 0.601. The molecular formula is C25H24FN3O. The molecule has 0 radical (unpaired) electrons. The average molecular weight is 401 g/mol. The van der Waals surface area contributed by atoms with Gasteiger partial charge in [0, 0.05) is 23.2 Å². The predicted octanol–water partition coefficient (Wildman–Crippen LogP) is 5.79. The molecule has 30 heavy (non-hydrogen) atoms. The van der Waals surface area contributed by atoms with Crippen LogP contribution >= 0.6 is 0 Å². The largest absolute Gasteiger partial charge is 0.326 e. The number of carbonyl (C=O) groups excluding carboxylic acids is 1. The molecule has 1 fully saturated rings. The normalized spacial score (nSPS) is 19.8. The number of nitrogens with one attached hydrogen (secondary N) is 1. The molecule has 0 aliphatic heterocycles. The van der Waals surface area contributed by atoms with Crippen molar-refractivity contribution in [2.75, 3.05) is 5.32 Å². The van der Waals surface area contributed by atoms with Crippen LogP contribution in [0.3, 0.4) is 0 Å². The van der Waals surface area contributed by atoms with Gasteiger partial charge in [-0.15, -0.1) is 0 Å². The molecule has 1 saturated carbocycles. The first-order chi connectivity index (χ1) is 14.5. The topological polar surface area (TPSA) is 65.8 Å². The first kappa shape index (κ1) is 20.0. The zero-order valence-corrected chi connectivity index (χ0v) is 16.9. The summed E-state index contributed by atoms with van der Waals surface area (Å²) in [5, 5.41) is 12.9. The van der Waals surface area contributed by atoms with Crippen LogP contribution in [0.15, 0.2) is 54.7 Å². The molecule has 0 saturated heterocycles. The minimum Gasteiger partial charge on any atom is -0.326 e. The van der Waals surface area contributed by atoms with E-state index in [0.717, 1.165) is 42.1 Å². The molecule has 0 spiro atoms. The molecule has 1 amide bonds. The van der Waals surface area contributed by atoms with Crippen LogP contribution in [-0.2, 0) is 4.79 Å². The molecule has 1 aromatic heterocycles. The van der Waals surface area contributed by atoms with Crippen LogP contribution in [0.4, 0.5) is 10.1 Å². The second-order valence-electron chi connectivity index (χ2n) is 8.14. The van der Waals surface area contributed by atoms with Gasteiger partial charge in [0.1, 0.15) is 5.82 Å². The zero-order valence-electron chi connectivity index (χ0n) is 16.9. The molecule has 2 aromatic carbocycles. The first-order valence-corrected chi connectivity index (χ1v) is 10.4. The van der Waals surface area contributed by atoms with Crippen LogP contribution < -0.4 is 5.32 Å². The van der Waals surface area contributed by atoms with Crippen molar-refractivity contribution in [1.29, 1.82) is 5.26 Å². The Morgan fingerprint density at radius 2 is 1.97 bits per heavy atom. The van der Waals surface area contributed by atoms with E-state index in [-0.39, 0.29) is 17.6 Å². The van der Waals surface area contributed by atoms with E-state index < -0.39 is 0 Å². The molecule has 1 atom stereocenters. The summed E-state index contributed by atoms with van der Waals surface area (Å²) in [5.74, 6) is 0.311. The zero-order chi connectivity index (χ0) is 21.1. The molecule has 1 aliphatic rings. The van der Waals surface area contributed by atoms with Crippen molar-refractivity contribution in [3.63, 3.8) is 0 Å². The van der Waals surface area contributed by atoms with Crippen LogP contribution in [0.2, 0.25) is 0 Å². The van der Waals surface area contributed by atoms with Gasteiger partial charge in [0.05, 0.1) is 17.1 Å². The summed E-state index contributed by atoms with van der Waals surface area (Å²) < 4.78 is 13.8. The van der Waals surface area contributed by atoms with Crippen molar-refractivity contribution in [3.8, 4) is 6.07 Å². The number of aromatic nitrogens is 1. The second-order valence-corrected chi connectivity index (χ2v) is 8.14. The fourth-order valence-corrected chi connectivity index (χ4v) is 4.56. The van der Waals surface area contributed by atoms with Crippen molar-refractivity contribution >= 4 is 22.5 Å². The van der Waals surface area contributed by atoms with Crippen molar-refractivity contribution in [3.05, 3.63) is 71.7 Å². The highest BCUT2D eigenvalue weighted by atomic mass is 19.1. The lowest BCUT2D eigenvalue weighted by Gasteiger charge is -2.32. The highest BCUT2D eigenvalue weighted by molar-refractivity contribution is 5.92. The number of rotatable bonds is 4. The Balaban J connectivity index is 1.41. The number of hydrogen-bond donors (Lipinski definition) is 1. The Morgan fingerprint density at radius 3 is 2.73 bits per heavy atom. The van der Waals surface area contributed by atoms with Crippen molar-refractivity contribution in [2.45, 2.75) is 38.5 Å². The number of anilines is 1. The molecule has 152 valence electrons. The maximum absolute atomic E-state index is 13.8. The van der Waals surface area contributed by atoms with Crippen LogP contribution in [-0.4, -0.2) is 10.9 Å². The van der Waals surface area contributed by atoms with Crippen LogP contribution in [0, 0.1) is 29.0 Å². The number of nitriles is 1. The molecule has 5 heteroatoms. The average Bonchev–Trinajstić information content (AvgIpc) is 2.78. The minimum atomic E-state index is -0.240. The summed E-state index contributed by atoms with van der Waals surface area (Å²) in [4.78, 5) is 17.1. The third-order valence-electron chi connectivity index (χ3n) is 6.33. The highest BCUT2D eigenvalue weighted by Gasteiger charge is 2.30. The van der Waals surface area contributed by atoms with E-state index in [4.69, 9.17) is 5.26 Å². The monoisotopic (exact) mass is 401 g/mol. The molecular weight excluding hydrogens is 377 g/mol. The minimum absolute atomic E-state index is 0.00929. The molecule has 1 unspecified atom stereocenters. The maximum Gasteiger partial charge on any atom is 0.227 e. The Bertz CT molecular complexity index is 1110. The van der Waals surface area contributed by atoms with Gasteiger partial charge in [-0.1, -0.05) is 13.0 Å². The van der Waals surface area contributed by atoms with Gasteiger partial charge in [0.15, 0.2) is 0 Å². The van der Waals surface area contributed by atoms with E-state index >= 15 is 0 Å². The number of halogens is 1. The summed E-state index contributed by atoms with van der Waals surface area (Å²) in [7, 11) is 0. The molecule has 0 bridgehead atoms. The summed E-state index contributed by atoms with van der Waals surface area (Å²) in [6.07, 6.45) is 5.66. The molecule has 1 heterocycles. The summed E-state index contributed by atoms with van der Waals surface area (Å²) in [6, 6.07) is 15.8. The molecule has 1 aliphatic carbocycles. The standard InChI is InChI=1S/C25H24FN3O/c1-16(25(30)29-21-4-2-3-17(13-21)15-27)18-5-7-19(8-6-18)22-11-12-28-24-10-9-20(26)14-23(22)24/h2-4,9-14,16,18-19H,5-8H2,1H3,(H,29,30). The van der Waals surface area contributed by atoms with E-state index in [9.17, 15) is 9.18 Å². The molecule has 1 N–H and O–H groups in total. The summed E-state index contributed by atoms with van der Waals surface area (Å²) in [6.45, 7) is 1.98. The lowest BCUT2D eigenvalue weighted by molar-refractivity contribution is -0.121. The van der Waals surface area contributed by atoms with Crippen molar-refractivity contribution in [2.24, 2.45) is 11.8 Å². The van der Waals surface area contributed by atoms with Crippen LogP contribution in [0.1, 0.15) is 49.7 Å². The number of benzene rings is 2. The van der Waals surface area contributed by atoms with Gasteiger partial charge < -0.3 is 5.32 Å². The summed E-state index contributed by atoms with van der Waals surface area (Å²) >= 11 is 0. The number of fused-ring (bicyclic) bond motifs is 1. The summed E-state index contributed by atoms with van der Waals surface area (Å²) in [5.41, 5.74) is 3.17. The van der Waals surface area contributed by atoms with Crippen molar-refractivity contribution in [1.82, 2.24) is 4.98 Å². The number of amides is 1. The molecule has 4 rings (SSSR count). The van der Waals surface area contributed by atoms with Gasteiger partial charge in [0.25, 0.3) is 0 Å². The Morgan fingerprint density at radius 1 is 1.17 bits per heavy atom. The number of nitrogens with zero attached hydrogens (tertiary/aromatic N) is 2. The van der Waals surface area contributed by atoms with E-state index in [2.05, 4.69) is 16.4 Å². The van der Waals surface area contributed by atoms with Gasteiger partial charge in [0.2, 0.25) is 5.91 Å². The third kappa shape index (κ3) is 4.18. The van der Waals surface area contributed by atoms with Crippen molar-refractivity contribution < 1.29 is 9.18 Å². The van der Waals surface area contributed by atoms with E-state index in [0.29, 0.717) is 23.1 Å². The lowest BCUT2D eigenvalue weighted by atomic mass is 9.73. The lowest BCUT2D eigenvalue weighted by Crippen LogP contribution is -2.29. The van der Waals surface area contributed by atoms with Crippen LogP contribution in [0.5, 0.6) is 0 Å². The van der Waals surface area contributed by atoms with E-state index in [1.807, 2.05) is 13.0 Å². The number of carbonyl (C=O) groups is 1. The fraction of sp³-hybridized carbons (Fsp3) is 0.320. The third-order valence-corrected chi connectivity index (χ3v) is 6.33. The maximum atomic E-state index is 13.8. The Hall–Kier alpha value is -3.26. The van der Waals surface area contributed by atoms with Gasteiger partial charge >= 0.3 is 0 Å². The Labute approximate surface area is 175 Å². The highest BCUT2D eigenvalue weighted by Crippen LogP contribution is 2.41. The predicted molar refractivity (Wildman–Crippen MR) is 115 cm³/mol. The molecule has 4 nitrogen and oxygen atoms in total. The number of pyridine rings is 1. The fourth-order valence-electron chi connectivity index (χ4n) is 4.56. The second kappa shape index (κ2) is 8.62. The first-order valence-electron chi connectivity index (χ1n) is 10.4. The SMILES string of the molecule is CC(C(=O)Nc1cccc(C#N)c1)C1CCC(c2ccnc3ccc(F)cc23)CC1. The van der Waals surface area contributed by atoms with Gasteiger partial charge in [-0.25, -0.2) is 4.39 Å². The Kier molecular flexibility index (Phi) is 5.76.